The summed E-state index contributed by atoms with van der Waals surface area (Å²) in [4.78, 5) is 24.0. The van der Waals surface area contributed by atoms with Crippen LogP contribution in [0.1, 0.15) is 36.2 Å². The highest BCUT2D eigenvalue weighted by Gasteiger charge is 2.29. The van der Waals surface area contributed by atoms with Crippen LogP contribution in [0.4, 0.5) is 5.69 Å². The van der Waals surface area contributed by atoms with Crippen molar-refractivity contribution in [2.75, 3.05) is 17.5 Å². The lowest BCUT2D eigenvalue weighted by Crippen LogP contribution is -2.35. The van der Waals surface area contributed by atoms with E-state index in [-0.39, 0.29) is 21.7 Å². The number of nitrogens with one attached hydrogen (secondary N) is 1. The van der Waals surface area contributed by atoms with Crippen molar-refractivity contribution in [1.29, 1.82) is 5.41 Å². The molecule has 0 aromatic heterocycles. The van der Waals surface area contributed by atoms with Gasteiger partial charge in [-0.2, -0.15) is 0 Å². The first-order chi connectivity index (χ1) is 15.1. The maximum Gasteiger partial charge on any atom is 0.338 e. The number of ether oxygens (including phenoxy) is 1. The maximum atomic E-state index is 13.3. The van der Waals surface area contributed by atoms with Crippen LogP contribution in [-0.2, 0) is 26.0 Å². The summed E-state index contributed by atoms with van der Waals surface area (Å²) in [6.07, 6.45) is 1.48. The largest absolute Gasteiger partial charge is 0.508 e. The summed E-state index contributed by atoms with van der Waals surface area (Å²) in [6, 6.07) is 12.8. The number of sulfonamides is 1. The molecule has 1 heterocycles. The van der Waals surface area contributed by atoms with Gasteiger partial charge in [-0.3, -0.25) is 9.10 Å². The summed E-state index contributed by atoms with van der Waals surface area (Å²) in [5.41, 5.74) is 1.18. The number of allylic oxidation sites excluding steroid dienone is 1. The van der Waals surface area contributed by atoms with Crippen LogP contribution >= 0.6 is 0 Å². The zero-order valence-electron chi connectivity index (χ0n) is 17.8. The Kier molecular flexibility index (Phi) is 6.78. The van der Waals surface area contributed by atoms with Crippen molar-refractivity contribution < 1.29 is 27.9 Å². The predicted molar refractivity (Wildman–Crippen MR) is 120 cm³/mol. The number of fused-ring (bicyclic) bond motifs is 1. The van der Waals surface area contributed by atoms with Gasteiger partial charge in [0.15, 0.2) is 5.78 Å². The molecule has 0 aliphatic carbocycles. The average molecular weight is 457 g/mol. The number of aliphatic hydroxyl groups is 1. The normalized spacial score (nSPS) is 14.2. The fraction of sp³-hybridized carbons (Fsp3) is 0.261. The Morgan fingerprint density at radius 3 is 2.53 bits per heavy atom. The van der Waals surface area contributed by atoms with E-state index in [1.807, 2.05) is 12.1 Å². The molecule has 0 spiro atoms. The van der Waals surface area contributed by atoms with Crippen LogP contribution < -0.4 is 4.31 Å². The van der Waals surface area contributed by atoms with Gasteiger partial charge in [-0.25, -0.2) is 13.2 Å². The van der Waals surface area contributed by atoms with E-state index in [2.05, 4.69) is 0 Å². The quantitative estimate of drug-likeness (QED) is 0.285. The fourth-order valence-corrected chi connectivity index (χ4v) is 5.22. The molecular formula is C23H24N2O6S. The Morgan fingerprint density at radius 1 is 1.12 bits per heavy atom. The Labute approximate surface area is 186 Å². The molecular weight excluding hydrogens is 432 g/mol. The molecule has 8 nitrogen and oxygen atoms in total. The van der Waals surface area contributed by atoms with E-state index in [0.29, 0.717) is 18.7 Å². The van der Waals surface area contributed by atoms with Crippen molar-refractivity contribution in [2.24, 2.45) is 0 Å². The van der Waals surface area contributed by atoms with E-state index in [1.54, 1.807) is 12.1 Å². The van der Waals surface area contributed by atoms with E-state index in [4.69, 9.17) is 10.1 Å². The van der Waals surface area contributed by atoms with Gasteiger partial charge in [-0.05, 0) is 56.5 Å². The molecule has 2 N–H and O–H groups in total. The first-order valence-electron chi connectivity index (χ1n) is 9.99. The van der Waals surface area contributed by atoms with Crippen molar-refractivity contribution in [3.05, 3.63) is 71.0 Å². The van der Waals surface area contributed by atoms with Gasteiger partial charge in [0.25, 0.3) is 10.0 Å². The Hall–Kier alpha value is -3.46. The molecule has 0 fully saturated rings. The van der Waals surface area contributed by atoms with Crippen molar-refractivity contribution in [1.82, 2.24) is 0 Å². The van der Waals surface area contributed by atoms with Crippen LogP contribution in [0.15, 0.2) is 64.8 Å². The summed E-state index contributed by atoms with van der Waals surface area (Å²) in [5, 5.41) is 17.6. The first-order valence-corrected chi connectivity index (χ1v) is 11.4. The van der Waals surface area contributed by atoms with Gasteiger partial charge >= 0.3 is 5.97 Å². The monoisotopic (exact) mass is 456 g/mol. The summed E-state index contributed by atoms with van der Waals surface area (Å²) < 4.78 is 33.0. The number of aryl methyl sites for hydroxylation is 1. The number of hydrogen-bond acceptors (Lipinski definition) is 7. The number of hydrogen-bond donors (Lipinski definition) is 2. The summed E-state index contributed by atoms with van der Waals surface area (Å²) in [5.74, 6) is -1.92. The van der Waals surface area contributed by atoms with Crippen LogP contribution in [0.5, 0.6) is 0 Å². The van der Waals surface area contributed by atoms with Gasteiger partial charge < -0.3 is 15.3 Å². The molecule has 2 aromatic carbocycles. The topological polar surface area (TPSA) is 125 Å². The number of rotatable bonds is 7. The number of carbonyl (C=O) groups is 2. The summed E-state index contributed by atoms with van der Waals surface area (Å²) in [6.45, 7) is 2.25. The molecule has 1 aliphatic heterocycles. The van der Waals surface area contributed by atoms with Gasteiger partial charge in [-0.15, -0.1) is 0 Å². The molecule has 0 amide bonds. The minimum atomic E-state index is -3.90. The lowest BCUT2D eigenvalue weighted by atomic mass is 10.0. The third kappa shape index (κ3) is 4.72. The maximum absolute atomic E-state index is 13.3. The highest BCUT2D eigenvalue weighted by Crippen LogP contribution is 2.32. The third-order valence-corrected chi connectivity index (χ3v) is 6.89. The second kappa shape index (κ2) is 9.35. The minimum absolute atomic E-state index is 0.0138. The third-order valence-electron chi connectivity index (χ3n) is 5.08. The number of Topliss-reactive ketones (excluding diaryl/α,β-unsaturated/α-hetero) is 1. The van der Waals surface area contributed by atoms with Gasteiger partial charge in [0.1, 0.15) is 12.4 Å². The van der Waals surface area contributed by atoms with E-state index < -0.39 is 34.1 Å². The molecule has 1 aliphatic rings. The smallest absolute Gasteiger partial charge is 0.338 e. The molecule has 32 heavy (non-hydrogen) atoms. The summed E-state index contributed by atoms with van der Waals surface area (Å²) >= 11 is 0. The minimum Gasteiger partial charge on any atom is -0.508 e. The van der Waals surface area contributed by atoms with Gasteiger partial charge in [0.05, 0.1) is 21.7 Å². The molecule has 2 aromatic rings. The van der Waals surface area contributed by atoms with Gasteiger partial charge in [0.2, 0.25) is 0 Å². The fourth-order valence-electron chi connectivity index (χ4n) is 3.63. The van der Waals surface area contributed by atoms with Crippen LogP contribution in [0.2, 0.25) is 0 Å². The summed E-state index contributed by atoms with van der Waals surface area (Å²) in [7, 11) is -3.90. The SMILES string of the molecule is CC(=N)/C(C(C)=O)=C(/O)COC(=O)c1cccc(S(=O)(=O)N2CCCc3ccccc32)c1. The lowest BCUT2D eigenvalue weighted by Gasteiger charge is -2.30. The van der Waals surface area contributed by atoms with Gasteiger partial charge in [0, 0.05) is 12.3 Å². The van der Waals surface area contributed by atoms with Crippen molar-refractivity contribution in [2.45, 2.75) is 31.6 Å². The Bertz CT molecular complexity index is 1200. The number of benzene rings is 2. The van der Waals surface area contributed by atoms with Crippen LogP contribution in [0.3, 0.4) is 0 Å². The number of nitrogens with zero attached hydrogens (tertiary/aromatic N) is 1. The molecule has 0 unspecified atom stereocenters. The molecule has 168 valence electrons. The first kappa shape index (κ1) is 23.2. The van der Waals surface area contributed by atoms with E-state index in [0.717, 1.165) is 12.0 Å². The van der Waals surface area contributed by atoms with Gasteiger partial charge in [-0.1, -0.05) is 24.3 Å². The van der Waals surface area contributed by atoms with Crippen molar-refractivity contribution in [3.8, 4) is 0 Å². The molecule has 3 rings (SSSR count). The predicted octanol–water partition coefficient (Wildman–Crippen LogP) is 3.43. The second-order valence-corrected chi connectivity index (χ2v) is 9.28. The Balaban J connectivity index is 1.84. The number of esters is 1. The number of ketones is 1. The van der Waals surface area contributed by atoms with Crippen LogP contribution in [0.25, 0.3) is 0 Å². The molecule has 0 saturated heterocycles. The number of carbonyl (C=O) groups excluding carboxylic acids is 2. The molecule has 0 saturated carbocycles. The Morgan fingerprint density at radius 2 is 1.84 bits per heavy atom. The number of aliphatic hydroxyl groups excluding tert-OH is 1. The zero-order valence-corrected chi connectivity index (χ0v) is 18.6. The second-order valence-electron chi connectivity index (χ2n) is 7.42. The lowest BCUT2D eigenvalue weighted by molar-refractivity contribution is -0.113. The zero-order chi connectivity index (χ0) is 23.5. The van der Waals surface area contributed by atoms with E-state index in [9.17, 15) is 23.1 Å². The van der Waals surface area contributed by atoms with Crippen molar-refractivity contribution >= 4 is 33.2 Å². The molecule has 0 atom stereocenters. The number of para-hydroxylation sites is 1. The number of anilines is 1. The molecule has 9 heteroatoms. The molecule has 0 radical (unpaired) electrons. The average Bonchev–Trinajstić information content (AvgIpc) is 2.76. The molecule has 0 bridgehead atoms. The highest BCUT2D eigenvalue weighted by molar-refractivity contribution is 7.92. The standard InChI is InChI=1S/C23H24N2O6S/c1-15(24)22(16(2)26)21(27)14-31-23(28)18-8-5-10-19(13-18)32(29,30)25-12-6-9-17-7-3-4-11-20(17)25/h3-5,7-8,10-11,13,24,27H,6,9,12,14H2,1-2H3/b22-21-,24-15?. The van der Waals surface area contributed by atoms with Crippen LogP contribution in [-0.4, -0.2) is 44.1 Å². The van der Waals surface area contributed by atoms with Crippen molar-refractivity contribution in [3.63, 3.8) is 0 Å². The van der Waals surface area contributed by atoms with E-state index >= 15 is 0 Å². The van der Waals surface area contributed by atoms with E-state index in [1.165, 1.54) is 42.4 Å². The highest BCUT2D eigenvalue weighted by atomic mass is 32.2. The van der Waals surface area contributed by atoms with Crippen LogP contribution in [0, 0.1) is 5.41 Å².